The Balaban J connectivity index is 1.90. The van der Waals surface area contributed by atoms with Crippen LogP contribution < -0.4 is 16.0 Å². The van der Waals surface area contributed by atoms with E-state index in [1.165, 1.54) is 6.33 Å². The van der Waals surface area contributed by atoms with Crippen molar-refractivity contribution in [2.75, 3.05) is 6.54 Å². The maximum atomic E-state index is 11.6. The van der Waals surface area contributed by atoms with Crippen LogP contribution in [0.1, 0.15) is 5.82 Å². The zero-order valence-corrected chi connectivity index (χ0v) is 8.69. The predicted molar refractivity (Wildman–Crippen MR) is 53.2 cm³/mol. The van der Waals surface area contributed by atoms with E-state index >= 15 is 0 Å². The highest BCUT2D eigenvalue weighted by atomic mass is 16.2. The van der Waals surface area contributed by atoms with Gasteiger partial charge in [-0.1, -0.05) is 0 Å². The largest absolute Gasteiger partial charge is 0.347 e. The molecule has 3 amide bonds. The van der Waals surface area contributed by atoms with Gasteiger partial charge in [-0.15, -0.1) is 0 Å². The van der Waals surface area contributed by atoms with E-state index in [0.717, 1.165) is 0 Å². The van der Waals surface area contributed by atoms with Crippen molar-refractivity contribution < 1.29 is 14.4 Å². The van der Waals surface area contributed by atoms with E-state index in [1.54, 1.807) is 0 Å². The second-order valence-corrected chi connectivity index (χ2v) is 3.37. The van der Waals surface area contributed by atoms with E-state index in [-0.39, 0.29) is 13.1 Å². The lowest BCUT2D eigenvalue weighted by atomic mass is 10.2. The van der Waals surface area contributed by atoms with Gasteiger partial charge >= 0.3 is 0 Å². The molecule has 0 aliphatic carbocycles. The van der Waals surface area contributed by atoms with Crippen LogP contribution in [0.5, 0.6) is 0 Å². The first kappa shape index (κ1) is 11.0. The van der Waals surface area contributed by atoms with Gasteiger partial charge in [-0.3, -0.25) is 19.5 Å². The van der Waals surface area contributed by atoms with Gasteiger partial charge in [0.2, 0.25) is 5.91 Å². The summed E-state index contributed by atoms with van der Waals surface area (Å²) in [4.78, 5) is 37.7. The molecule has 1 aliphatic rings. The molecule has 0 spiro atoms. The van der Waals surface area contributed by atoms with Gasteiger partial charge in [0, 0.05) is 0 Å². The Morgan fingerprint density at radius 3 is 3.06 bits per heavy atom. The Kier molecular flexibility index (Phi) is 2.99. The van der Waals surface area contributed by atoms with Crippen LogP contribution in [0.2, 0.25) is 0 Å². The fourth-order valence-electron chi connectivity index (χ4n) is 1.32. The van der Waals surface area contributed by atoms with Gasteiger partial charge in [-0.25, -0.2) is 4.98 Å². The molecule has 90 valence electrons. The van der Waals surface area contributed by atoms with Crippen molar-refractivity contribution in [3.8, 4) is 0 Å². The summed E-state index contributed by atoms with van der Waals surface area (Å²) in [5.41, 5.74) is 0. The average Bonchev–Trinajstić information content (AvgIpc) is 2.82. The zero-order valence-electron chi connectivity index (χ0n) is 8.69. The van der Waals surface area contributed by atoms with Gasteiger partial charge in [0.1, 0.15) is 12.2 Å². The number of H-pyrrole nitrogens is 1. The number of carbonyl (C=O) groups excluding carboxylic acids is 3. The number of rotatable bonds is 3. The number of piperazine rings is 1. The quantitative estimate of drug-likeness (QED) is 0.418. The number of amides is 3. The summed E-state index contributed by atoms with van der Waals surface area (Å²) in [5, 5.41) is 13.2. The van der Waals surface area contributed by atoms with Crippen molar-refractivity contribution in [1.82, 2.24) is 31.1 Å². The molecule has 0 saturated carbocycles. The van der Waals surface area contributed by atoms with Crippen molar-refractivity contribution in [1.29, 1.82) is 0 Å². The lowest BCUT2D eigenvalue weighted by Crippen LogP contribution is -2.61. The smallest absolute Gasteiger partial charge is 0.252 e. The molecule has 0 aromatic carbocycles. The SMILES string of the molecule is O=C1CNC(=O)[C@H](C(=O)NCc2ncn[nH]2)N1. The minimum atomic E-state index is -1.20. The third kappa shape index (κ3) is 2.56. The summed E-state index contributed by atoms with van der Waals surface area (Å²) in [7, 11) is 0. The molecule has 0 bridgehead atoms. The van der Waals surface area contributed by atoms with E-state index in [9.17, 15) is 14.4 Å². The molecule has 2 rings (SSSR count). The molecule has 2 heterocycles. The molecule has 1 aliphatic heterocycles. The lowest BCUT2D eigenvalue weighted by Gasteiger charge is -2.21. The van der Waals surface area contributed by atoms with Crippen LogP contribution in [-0.4, -0.2) is 45.5 Å². The summed E-state index contributed by atoms with van der Waals surface area (Å²) in [6.45, 7) is 0.00318. The van der Waals surface area contributed by atoms with Crippen LogP contribution in [0.3, 0.4) is 0 Å². The third-order valence-electron chi connectivity index (χ3n) is 2.15. The Bertz CT molecular complexity index is 442. The Labute approximate surface area is 95.4 Å². The number of hydrogen-bond donors (Lipinski definition) is 4. The molecule has 4 N–H and O–H groups in total. The fourth-order valence-corrected chi connectivity index (χ4v) is 1.32. The van der Waals surface area contributed by atoms with Crippen LogP contribution in [0.25, 0.3) is 0 Å². The average molecular weight is 238 g/mol. The minimum Gasteiger partial charge on any atom is -0.347 e. The van der Waals surface area contributed by atoms with Crippen LogP contribution in [-0.2, 0) is 20.9 Å². The normalized spacial score (nSPS) is 19.4. The van der Waals surface area contributed by atoms with Crippen LogP contribution >= 0.6 is 0 Å². The number of aromatic nitrogens is 3. The summed E-state index contributed by atoms with van der Waals surface area (Å²) >= 11 is 0. The molecule has 17 heavy (non-hydrogen) atoms. The first-order valence-electron chi connectivity index (χ1n) is 4.86. The number of aromatic amines is 1. The minimum absolute atomic E-state index is 0.106. The van der Waals surface area contributed by atoms with E-state index in [4.69, 9.17) is 0 Å². The van der Waals surface area contributed by atoms with Crippen LogP contribution in [0.15, 0.2) is 6.33 Å². The second kappa shape index (κ2) is 4.60. The van der Waals surface area contributed by atoms with Crippen molar-refractivity contribution in [3.63, 3.8) is 0 Å². The molecular formula is C8H10N6O3. The molecule has 0 radical (unpaired) electrons. The maximum absolute atomic E-state index is 11.6. The first-order valence-corrected chi connectivity index (χ1v) is 4.86. The summed E-state index contributed by atoms with van der Waals surface area (Å²) in [6.07, 6.45) is 1.30. The summed E-state index contributed by atoms with van der Waals surface area (Å²) in [5.74, 6) is -1.06. The molecule has 1 atom stereocenters. The standard InChI is InChI=1S/C8H10N6O3/c15-5-2-10-8(17)6(13-5)7(16)9-1-4-11-3-12-14-4/h3,6H,1-2H2,(H,9,16)(H,10,17)(H,13,15)(H,11,12,14)/t6-/m0/s1. The van der Waals surface area contributed by atoms with Crippen LogP contribution in [0, 0.1) is 0 Å². The van der Waals surface area contributed by atoms with E-state index in [0.29, 0.717) is 5.82 Å². The van der Waals surface area contributed by atoms with Gasteiger partial charge in [0.25, 0.3) is 11.8 Å². The van der Waals surface area contributed by atoms with Crippen molar-refractivity contribution in [2.45, 2.75) is 12.6 Å². The van der Waals surface area contributed by atoms with E-state index in [2.05, 4.69) is 31.1 Å². The van der Waals surface area contributed by atoms with Crippen molar-refractivity contribution in [3.05, 3.63) is 12.2 Å². The Hall–Kier alpha value is -2.45. The summed E-state index contributed by atoms with van der Waals surface area (Å²) < 4.78 is 0. The van der Waals surface area contributed by atoms with E-state index in [1.807, 2.05) is 0 Å². The second-order valence-electron chi connectivity index (χ2n) is 3.37. The number of nitrogens with zero attached hydrogens (tertiary/aromatic N) is 2. The molecule has 1 aromatic heterocycles. The topological polar surface area (TPSA) is 129 Å². The molecule has 1 fully saturated rings. The highest BCUT2D eigenvalue weighted by Gasteiger charge is 2.31. The number of hydrogen-bond acceptors (Lipinski definition) is 5. The predicted octanol–water partition coefficient (Wildman–Crippen LogP) is -2.96. The molecule has 9 heteroatoms. The van der Waals surface area contributed by atoms with Gasteiger partial charge in [-0.2, -0.15) is 5.10 Å². The molecule has 1 aromatic rings. The van der Waals surface area contributed by atoms with Crippen LogP contribution in [0.4, 0.5) is 0 Å². The van der Waals surface area contributed by atoms with Crippen molar-refractivity contribution >= 4 is 17.7 Å². The highest BCUT2D eigenvalue weighted by Crippen LogP contribution is 1.92. The van der Waals surface area contributed by atoms with E-state index < -0.39 is 23.8 Å². The summed E-state index contributed by atoms with van der Waals surface area (Å²) in [6, 6.07) is -1.20. The first-order chi connectivity index (χ1) is 8.16. The third-order valence-corrected chi connectivity index (χ3v) is 2.15. The Morgan fingerprint density at radius 2 is 2.35 bits per heavy atom. The zero-order chi connectivity index (χ0) is 12.3. The van der Waals surface area contributed by atoms with Gasteiger partial charge < -0.3 is 16.0 Å². The Morgan fingerprint density at radius 1 is 1.53 bits per heavy atom. The van der Waals surface area contributed by atoms with Gasteiger partial charge in [0.15, 0.2) is 6.04 Å². The molecule has 0 unspecified atom stereocenters. The molecule has 9 nitrogen and oxygen atoms in total. The molecular weight excluding hydrogens is 228 g/mol. The number of nitrogens with one attached hydrogen (secondary N) is 4. The highest BCUT2D eigenvalue weighted by molar-refractivity contribution is 6.09. The fraction of sp³-hybridized carbons (Fsp3) is 0.375. The maximum Gasteiger partial charge on any atom is 0.252 e. The van der Waals surface area contributed by atoms with Crippen molar-refractivity contribution in [2.24, 2.45) is 0 Å². The number of carbonyl (C=O) groups is 3. The van der Waals surface area contributed by atoms with Gasteiger partial charge in [0.05, 0.1) is 13.1 Å². The monoisotopic (exact) mass is 238 g/mol. The molecule has 1 saturated heterocycles. The van der Waals surface area contributed by atoms with Gasteiger partial charge in [-0.05, 0) is 0 Å². The lowest BCUT2D eigenvalue weighted by molar-refractivity contribution is -0.140.